The van der Waals surface area contributed by atoms with Gasteiger partial charge in [0.2, 0.25) is 0 Å². The van der Waals surface area contributed by atoms with Gasteiger partial charge >= 0.3 is 0 Å². The maximum Gasteiger partial charge on any atom is 0.188 e. The molecule has 2 N–H and O–H groups in total. The second-order valence-electron chi connectivity index (χ2n) is 15.0. The van der Waals surface area contributed by atoms with Gasteiger partial charge in [-0.2, -0.15) is 0 Å². The minimum absolute atomic E-state index is 0.0956. The van der Waals surface area contributed by atoms with Gasteiger partial charge in [-0.15, -0.1) is 0 Å². The van der Waals surface area contributed by atoms with Crippen molar-refractivity contribution in [2.75, 3.05) is 163 Å². The first-order valence-electron chi connectivity index (χ1n) is 21.9. The van der Waals surface area contributed by atoms with Crippen LogP contribution < -0.4 is 20.3 Å². The lowest BCUT2D eigenvalue weighted by Crippen LogP contribution is -2.32. The number of hydrogen-bond acceptors (Lipinski definition) is 14. The number of carbonyl (C=O) groups is 1. The van der Waals surface area contributed by atoms with Gasteiger partial charge in [-0.05, 0) is 67.5 Å². The van der Waals surface area contributed by atoms with Gasteiger partial charge in [0.25, 0.3) is 0 Å². The number of nitrogens with zero attached hydrogens (tertiary/aromatic N) is 3. The fourth-order valence-electron chi connectivity index (χ4n) is 7.30. The summed E-state index contributed by atoms with van der Waals surface area (Å²) in [6, 6.07) is 20.5. The molecule has 2 aliphatic rings. The molecule has 0 fully saturated rings. The first kappa shape index (κ1) is 49.2. The Hall–Kier alpha value is -4.77. The average molecular weight is 873 g/mol. The predicted octanol–water partition coefficient (Wildman–Crippen LogP) is 6.03. The normalized spacial score (nSPS) is 14.3. The van der Waals surface area contributed by atoms with E-state index in [1.54, 1.807) is 34.5 Å². The smallest absolute Gasteiger partial charge is 0.188 e. The zero-order chi connectivity index (χ0) is 44.7. The van der Waals surface area contributed by atoms with Crippen molar-refractivity contribution in [3.8, 4) is 11.5 Å². The molecule has 0 amide bonds. The minimum Gasteiger partial charge on any atom is -0.456 e. The van der Waals surface area contributed by atoms with Crippen molar-refractivity contribution in [3.63, 3.8) is 0 Å². The highest BCUT2D eigenvalue weighted by atomic mass is 16.5. The maximum atomic E-state index is 14.5. The third kappa shape index (κ3) is 15.2. The lowest BCUT2D eigenvalue weighted by Gasteiger charge is -2.31. The van der Waals surface area contributed by atoms with Crippen LogP contribution in [0.5, 0.6) is 11.5 Å². The number of methoxy groups -OCH3 is 4. The Balaban J connectivity index is 1.49. The van der Waals surface area contributed by atoms with Gasteiger partial charge in [-0.25, -0.2) is 0 Å². The number of nitrogens with two attached hydrogens (primary N) is 1. The van der Waals surface area contributed by atoms with E-state index in [0.717, 1.165) is 59.0 Å². The number of ether oxygens (including phenoxy) is 9. The van der Waals surface area contributed by atoms with Crippen molar-refractivity contribution < 1.29 is 47.4 Å². The summed E-state index contributed by atoms with van der Waals surface area (Å²) >= 11 is 0. The topological polar surface area (TPSA) is 136 Å². The number of likely N-dealkylation sites (N-methyl/N-ethyl adjacent to an activating group) is 1. The fourth-order valence-corrected chi connectivity index (χ4v) is 7.30. The summed E-state index contributed by atoms with van der Waals surface area (Å²) in [6.07, 6.45) is 6.52. The number of rotatable bonds is 31. The highest BCUT2D eigenvalue weighted by molar-refractivity contribution is 6.16. The summed E-state index contributed by atoms with van der Waals surface area (Å²) in [5, 5.41) is 0. The third-order valence-electron chi connectivity index (χ3n) is 10.8. The lowest BCUT2D eigenvalue weighted by molar-refractivity contribution is -0.111. The van der Waals surface area contributed by atoms with Crippen LogP contribution in [0.3, 0.4) is 0 Å². The van der Waals surface area contributed by atoms with Crippen LogP contribution in [0.4, 0.5) is 17.1 Å². The van der Waals surface area contributed by atoms with Crippen molar-refractivity contribution in [3.05, 3.63) is 107 Å². The van der Waals surface area contributed by atoms with E-state index in [1.165, 1.54) is 5.56 Å². The number of hydrogen-bond donors (Lipinski definition) is 1. The van der Waals surface area contributed by atoms with Crippen molar-refractivity contribution >= 4 is 28.4 Å². The van der Waals surface area contributed by atoms with Crippen molar-refractivity contribution in [2.24, 2.45) is 0 Å². The molecular weight excluding hydrogens is 805 g/mol. The second-order valence-corrected chi connectivity index (χ2v) is 15.0. The SMILES string of the molecule is CCN(CCc1ccc(N)cc1)c1ccc2c(c1)Oc1cc(N(CCOCCOC)CCOCCOC)ccc1C2=C1C=CC(N(CCOCCOC)CCOCCOC)=CC1=O. The molecule has 14 heteroatoms. The summed E-state index contributed by atoms with van der Waals surface area (Å²) in [5.74, 6) is 1.25. The molecule has 14 nitrogen and oxygen atoms in total. The van der Waals surface area contributed by atoms with Gasteiger partial charge in [0.05, 0.1) is 79.3 Å². The monoisotopic (exact) mass is 872 g/mol. The molecule has 63 heavy (non-hydrogen) atoms. The third-order valence-corrected chi connectivity index (χ3v) is 10.8. The Morgan fingerprint density at radius 2 is 1.02 bits per heavy atom. The molecule has 344 valence electrons. The van der Waals surface area contributed by atoms with E-state index >= 15 is 0 Å². The van der Waals surface area contributed by atoms with Gasteiger partial charge < -0.3 is 63.1 Å². The minimum atomic E-state index is -0.0956. The van der Waals surface area contributed by atoms with Gasteiger partial charge in [0.15, 0.2) is 5.78 Å². The number of carbonyl (C=O) groups excluding carboxylic acids is 1. The number of nitrogen functional groups attached to an aromatic ring is 1. The summed E-state index contributed by atoms with van der Waals surface area (Å²) in [5.41, 5.74) is 13.8. The second kappa shape index (κ2) is 27.4. The average Bonchev–Trinajstić information content (AvgIpc) is 3.29. The Morgan fingerprint density at radius 3 is 1.48 bits per heavy atom. The molecule has 3 aromatic rings. The van der Waals surface area contributed by atoms with E-state index in [1.807, 2.05) is 24.3 Å². The first-order valence-corrected chi connectivity index (χ1v) is 21.9. The summed E-state index contributed by atoms with van der Waals surface area (Å²) in [6.45, 7) is 12.2. The molecule has 5 rings (SSSR count). The van der Waals surface area contributed by atoms with Crippen LogP contribution in [0.2, 0.25) is 0 Å². The molecule has 0 atom stereocenters. The Labute approximate surface area is 374 Å². The quantitative estimate of drug-likeness (QED) is 0.0358. The van der Waals surface area contributed by atoms with E-state index in [0.29, 0.717) is 123 Å². The molecule has 1 heterocycles. The van der Waals surface area contributed by atoms with Crippen LogP contribution in [-0.2, 0) is 49.1 Å². The molecule has 0 saturated carbocycles. The number of benzene rings is 3. The molecule has 0 spiro atoms. The number of anilines is 3. The molecule has 0 aromatic heterocycles. The molecule has 0 radical (unpaired) electrons. The van der Waals surface area contributed by atoms with Crippen molar-refractivity contribution in [1.82, 2.24) is 4.90 Å². The summed E-state index contributed by atoms with van der Waals surface area (Å²) in [7, 11) is 6.63. The highest BCUT2D eigenvalue weighted by Gasteiger charge is 2.29. The molecule has 3 aromatic carbocycles. The number of fused-ring (bicyclic) bond motifs is 2. The predicted molar refractivity (Wildman–Crippen MR) is 248 cm³/mol. The molecule has 1 aliphatic carbocycles. The van der Waals surface area contributed by atoms with E-state index in [9.17, 15) is 4.79 Å². The Morgan fingerprint density at radius 1 is 0.540 bits per heavy atom. The number of allylic oxidation sites excluding steroid dienone is 4. The zero-order valence-corrected chi connectivity index (χ0v) is 37.9. The van der Waals surface area contributed by atoms with Crippen LogP contribution in [0.15, 0.2) is 90.2 Å². The van der Waals surface area contributed by atoms with Gasteiger partial charge in [0, 0.05) is 131 Å². The van der Waals surface area contributed by atoms with Crippen LogP contribution >= 0.6 is 0 Å². The Kier molecular flexibility index (Phi) is 21.4. The van der Waals surface area contributed by atoms with Gasteiger partial charge in [-0.3, -0.25) is 4.79 Å². The van der Waals surface area contributed by atoms with Crippen LogP contribution in [0, 0.1) is 0 Å². The van der Waals surface area contributed by atoms with Crippen molar-refractivity contribution in [1.29, 1.82) is 0 Å². The van der Waals surface area contributed by atoms with Crippen molar-refractivity contribution in [2.45, 2.75) is 13.3 Å². The highest BCUT2D eigenvalue weighted by Crippen LogP contribution is 2.48. The zero-order valence-electron chi connectivity index (χ0n) is 37.9. The van der Waals surface area contributed by atoms with E-state index in [4.69, 9.17) is 48.4 Å². The first-order chi connectivity index (χ1) is 30.9. The molecule has 0 unspecified atom stereocenters. The van der Waals surface area contributed by atoms with Gasteiger partial charge in [-0.1, -0.05) is 12.1 Å². The molecule has 0 saturated heterocycles. The largest absolute Gasteiger partial charge is 0.456 e. The van der Waals surface area contributed by atoms with E-state index < -0.39 is 0 Å². The van der Waals surface area contributed by atoms with Gasteiger partial charge in [0.1, 0.15) is 11.5 Å². The molecule has 1 aliphatic heterocycles. The molecule has 0 bridgehead atoms. The lowest BCUT2D eigenvalue weighted by atomic mass is 9.86. The summed E-state index contributed by atoms with van der Waals surface area (Å²) < 4.78 is 50.9. The maximum absolute atomic E-state index is 14.5. The van der Waals surface area contributed by atoms with E-state index in [-0.39, 0.29) is 5.78 Å². The molecular formula is C49H68N4O10. The van der Waals surface area contributed by atoms with Crippen LogP contribution in [0.25, 0.3) is 5.57 Å². The fraction of sp³-hybridized carbons (Fsp3) is 0.490. The standard InChI is InChI=1S/C49H68N4O10/c1-6-51(18-17-38-7-9-39(50)10-8-38)41-12-15-44-47(36-41)63-48-37-42(53(21-25-61-33-29-57-4)22-26-62-34-30-58-5)13-16-45(48)49(44)43-14-11-40(35-46(43)54)52(19-23-59-31-27-55-2)20-24-60-32-28-56-3/h7-16,35-37H,6,17-34,50H2,1-5H3. The van der Waals surface area contributed by atoms with Crippen LogP contribution in [0.1, 0.15) is 23.6 Å². The van der Waals surface area contributed by atoms with Crippen LogP contribution in [-0.4, -0.2) is 158 Å². The van der Waals surface area contributed by atoms with E-state index in [2.05, 4.69) is 70.2 Å². The number of ketones is 1. The Bertz CT molecular complexity index is 1910. The summed E-state index contributed by atoms with van der Waals surface area (Å²) in [4.78, 5) is 21.1.